The first-order valence-electron chi connectivity index (χ1n) is 12.3. The van der Waals surface area contributed by atoms with Gasteiger partial charge in [0.2, 0.25) is 11.8 Å². The number of rotatable bonds is 7. The number of carbonyl (C=O) groups excluding carboxylic acids is 2. The van der Waals surface area contributed by atoms with Crippen molar-refractivity contribution >= 4 is 11.8 Å². The molecule has 5 nitrogen and oxygen atoms in total. The lowest BCUT2D eigenvalue weighted by Gasteiger charge is -2.41. The van der Waals surface area contributed by atoms with Crippen LogP contribution in [0.3, 0.4) is 0 Å². The summed E-state index contributed by atoms with van der Waals surface area (Å²) >= 11 is 0. The van der Waals surface area contributed by atoms with Crippen molar-refractivity contribution in [2.75, 3.05) is 20.2 Å². The number of ether oxygens (including phenoxy) is 1. The number of para-hydroxylation sites is 1. The molecule has 1 saturated heterocycles. The van der Waals surface area contributed by atoms with E-state index >= 15 is 0 Å². The van der Waals surface area contributed by atoms with Gasteiger partial charge in [0, 0.05) is 19.0 Å². The third-order valence-electron chi connectivity index (χ3n) is 7.25. The van der Waals surface area contributed by atoms with Crippen LogP contribution in [0.1, 0.15) is 61.3 Å². The Hall–Kier alpha value is -2.82. The van der Waals surface area contributed by atoms with Gasteiger partial charge in [0.1, 0.15) is 5.75 Å². The Morgan fingerprint density at radius 1 is 1.00 bits per heavy atom. The number of amides is 2. The molecule has 0 spiro atoms. The van der Waals surface area contributed by atoms with Crippen molar-refractivity contribution in [2.24, 2.45) is 11.8 Å². The smallest absolute Gasteiger partial charge is 0.226 e. The Bertz CT molecular complexity index is 967. The molecule has 5 heteroatoms. The van der Waals surface area contributed by atoms with Gasteiger partial charge in [-0.3, -0.25) is 9.59 Å². The molecule has 2 atom stereocenters. The molecule has 2 aromatic rings. The summed E-state index contributed by atoms with van der Waals surface area (Å²) in [6.07, 6.45) is 6.56. The molecular weight excluding hydrogens is 412 g/mol. The van der Waals surface area contributed by atoms with Gasteiger partial charge in [-0.1, -0.05) is 60.9 Å². The molecule has 2 fully saturated rings. The Balaban J connectivity index is 1.42. The lowest BCUT2D eigenvalue weighted by molar-refractivity contribution is -0.142. The molecule has 33 heavy (non-hydrogen) atoms. The first-order valence-corrected chi connectivity index (χ1v) is 12.3. The second kappa shape index (κ2) is 10.9. The Morgan fingerprint density at radius 3 is 2.55 bits per heavy atom. The van der Waals surface area contributed by atoms with Gasteiger partial charge in [-0.15, -0.1) is 0 Å². The molecule has 1 aliphatic heterocycles. The Kier molecular flexibility index (Phi) is 7.69. The Morgan fingerprint density at radius 2 is 1.79 bits per heavy atom. The van der Waals surface area contributed by atoms with Crippen LogP contribution in [0, 0.1) is 18.8 Å². The predicted octanol–water partition coefficient (Wildman–Crippen LogP) is 4.83. The quantitative estimate of drug-likeness (QED) is 0.660. The number of nitrogens with one attached hydrogen (secondary N) is 1. The first-order chi connectivity index (χ1) is 16.1. The van der Waals surface area contributed by atoms with Gasteiger partial charge in [0.15, 0.2) is 0 Å². The predicted molar refractivity (Wildman–Crippen MR) is 130 cm³/mol. The van der Waals surface area contributed by atoms with E-state index in [1.807, 2.05) is 29.2 Å². The number of hydrogen-bond acceptors (Lipinski definition) is 3. The summed E-state index contributed by atoms with van der Waals surface area (Å²) in [7, 11) is 1.67. The molecule has 2 amide bonds. The Labute approximate surface area is 197 Å². The van der Waals surface area contributed by atoms with Crippen LogP contribution in [0.15, 0.2) is 48.5 Å². The lowest BCUT2D eigenvalue weighted by Crippen LogP contribution is -2.48. The van der Waals surface area contributed by atoms with E-state index in [1.54, 1.807) is 7.11 Å². The van der Waals surface area contributed by atoms with Gasteiger partial charge in [0.25, 0.3) is 0 Å². The average Bonchev–Trinajstić information content (AvgIpc) is 3.38. The highest BCUT2D eigenvalue weighted by molar-refractivity contribution is 5.83. The number of carbonyl (C=O) groups is 2. The second-order valence-corrected chi connectivity index (χ2v) is 9.53. The van der Waals surface area contributed by atoms with E-state index in [4.69, 9.17) is 4.74 Å². The largest absolute Gasteiger partial charge is 0.496 e. The summed E-state index contributed by atoms with van der Waals surface area (Å²) < 4.78 is 5.41. The second-order valence-electron chi connectivity index (χ2n) is 9.53. The van der Waals surface area contributed by atoms with E-state index in [-0.39, 0.29) is 29.7 Å². The summed E-state index contributed by atoms with van der Waals surface area (Å²) in [6.45, 7) is 3.16. The van der Waals surface area contributed by atoms with Crippen molar-refractivity contribution in [3.8, 4) is 5.75 Å². The minimum atomic E-state index is -0.158. The third kappa shape index (κ3) is 5.58. The number of nitrogens with zero attached hydrogens (tertiary/aromatic N) is 1. The van der Waals surface area contributed by atoms with Crippen molar-refractivity contribution in [2.45, 2.75) is 57.9 Å². The lowest BCUT2D eigenvalue weighted by atomic mass is 9.86. The number of hydrogen-bond donors (Lipinski definition) is 1. The molecule has 1 N–H and O–H groups in total. The molecule has 1 aliphatic carbocycles. The zero-order valence-electron chi connectivity index (χ0n) is 19.9. The maximum absolute atomic E-state index is 13.5. The molecule has 0 unspecified atom stereocenters. The summed E-state index contributed by atoms with van der Waals surface area (Å²) in [4.78, 5) is 28.6. The van der Waals surface area contributed by atoms with Crippen LogP contribution in [0.25, 0.3) is 0 Å². The van der Waals surface area contributed by atoms with E-state index in [2.05, 4.69) is 36.5 Å². The van der Waals surface area contributed by atoms with Crippen molar-refractivity contribution in [1.82, 2.24) is 10.2 Å². The molecule has 2 aromatic carbocycles. The van der Waals surface area contributed by atoms with Crippen LogP contribution in [-0.4, -0.2) is 36.9 Å². The van der Waals surface area contributed by atoms with Crippen molar-refractivity contribution in [1.29, 1.82) is 0 Å². The fraction of sp³-hybridized carbons (Fsp3) is 0.500. The summed E-state index contributed by atoms with van der Waals surface area (Å²) in [5, 5.41) is 3.11. The highest BCUT2D eigenvalue weighted by atomic mass is 16.5. The SMILES string of the molecule is COc1ccccc1CCNC(=O)[C@H]1CC[C@@H](c2cccc(C)c2)N(C(=O)C2CCCC2)C1. The van der Waals surface area contributed by atoms with E-state index in [0.717, 1.165) is 56.3 Å². The van der Waals surface area contributed by atoms with E-state index in [1.165, 1.54) is 11.1 Å². The van der Waals surface area contributed by atoms with E-state index < -0.39 is 0 Å². The molecular formula is C28H36N2O3. The van der Waals surface area contributed by atoms with E-state index in [0.29, 0.717) is 13.1 Å². The zero-order valence-corrected chi connectivity index (χ0v) is 19.9. The van der Waals surface area contributed by atoms with Crippen LogP contribution in [-0.2, 0) is 16.0 Å². The van der Waals surface area contributed by atoms with Gasteiger partial charge in [-0.25, -0.2) is 0 Å². The van der Waals surface area contributed by atoms with Crippen LogP contribution in [0.2, 0.25) is 0 Å². The number of benzene rings is 2. The molecule has 2 aliphatic rings. The number of aryl methyl sites for hydroxylation is 1. The van der Waals surface area contributed by atoms with Gasteiger partial charge in [-0.05, 0) is 56.2 Å². The minimum absolute atomic E-state index is 0.0526. The molecule has 0 bridgehead atoms. The number of piperidine rings is 1. The fourth-order valence-electron chi connectivity index (χ4n) is 5.43. The third-order valence-corrected chi connectivity index (χ3v) is 7.25. The monoisotopic (exact) mass is 448 g/mol. The molecule has 1 saturated carbocycles. The van der Waals surface area contributed by atoms with Gasteiger partial charge >= 0.3 is 0 Å². The normalized spacial score (nSPS) is 21.1. The summed E-state index contributed by atoms with van der Waals surface area (Å²) in [5.74, 6) is 1.10. The van der Waals surface area contributed by atoms with Crippen molar-refractivity contribution in [3.05, 3.63) is 65.2 Å². The summed E-state index contributed by atoms with van der Waals surface area (Å²) in [5.41, 5.74) is 3.48. The zero-order chi connectivity index (χ0) is 23.2. The highest BCUT2D eigenvalue weighted by Crippen LogP contribution is 2.37. The van der Waals surface area contributed by atoms with Crippen LogP contribution < -0.4 is 10.1 Å². The van der Waals surface area contributed by atoms with Crippen molar-refractivity contribution in [3.63, 3.8) is 0 Å². The molecule has 0 radical (unpaired) electrons. The first kappa shape index (κ1) is 23.3. The summed E-state index contributed by atoms with van der Waals surface area (Å²) in [6, 6.07) is 16.4. The van der Waals surface area contributed by atoms with Crippen LogP contribution in [0.4, 0.5) is 0 Å². The number of likely N-dealkylation sites (tertiary alicyclic amines) is 1. The maximum Gasteiger partial charge on any atom is 0.226 e. The topological polar surface area (TPSA) is 58.6 Å². The van der Waals surface area contributed by atoms with Gasteiger partial charge < -0.3 is 15.0 Å². The van der Waals surface area contributed by atoms with Crippen LogP contribution >= 0.6 is 0 Å². The fourth-order valence-corrected chi connectivity index (χ4v) is 5.43. The van der Waals surface area contributed by atoms with Crippen molar-refractivity contribution < 1.29 is 14.3 Å². The highest BCUT2D eigenvalue weighted by Gasteiger charge is 2.38. The minimum Gasteiger partial charge on any atom is -0.496 e. The molecule has 1 heterocycles. The van der Waals surface area contributed by atoms with Gasteiger partial charge in [0.05, 0.1) is 19.1 Å². The maximum atomic E-state index is 13.5. The van der Waals surface area contributed by atoms with Gasteiger partial charge in [-0.2, -0.15) is 0 Å². The molecule has 176 valence electrons. The molecule has 0 aromatic heterocycles. The standard InChI is InChI=1S/C28H36N2O3/c1-20-8-7-12-23(18-20)25-15-14-24(19-30(25)28(32)22-10-3-4-11-22)27(31)29-17-16-21-9-5-6-13-26(21)33-2/h5-9,12-13,18,22,24-25H,3-4,10-11,14-17,19H2,1-2H3,(H,29,31)/t24-,25-/m0/s1. The van der Waals surface area contributed by atoms with Crippen LogP contribution in [0.5, 0.6) is 5.75 Å². The average molecular weight is 449 g/mol. The van der Waals surface area contributed by atoms with E-state index in [9.17, 15) is 9.59 Å². The number of methoxy groups -OCH3 is 1. The molecule has 4 rings (SSSR count).